The number of esters is 1. The Balaban J connectivity index is 2.41. The Labute approximate surface area is 146 Å². The van der Waals surface area contributed by atoms with Crippen LogP contribution in [-0.2, 0) is 14.3 Å². The second kappa shape index (κ2) is 6.61. The minimum atomic E-state index is -0.489. The average Bonchev–Trinajstić information content (AvgIpc) is 2.68. The highest BCUT2D eigenvalue weighted by atomic mass is 127. The van der Waals surface area contributed by atoms with Crippen LogP contribution in [0.1, 0.15) is 5.56 Å². The summed E-state index contributed by atoms with van der Waals surface area (Å²) in [5.41, 5.74) is 1.01. The molecule has 6 nitrogen and oxygen atoms in total. The van der Waals surface area contributed by atoms with Gasteiger partial charge in [-0.1, -0.05) is 6.07 Å². The number of halogens is 1. The fraction of sp³-hybridized carbons (Fsp3) is 0.214. The lowest BCUT2D eigenvalue weighted by Crippen LogP contribution is -2.33. The van der Waals surface area contributed by atoms with E-state index in [1.807, 2.05) is 22.6 Å². The average molecular weight is 432 g/mol. The molecular formula is C14H13IN2O4S. The Bertz CT molecular complexity index is 689. The Morgan fingerprint density at radius 2 is 2.18 bits per heavy atom. The zero-order valence-electron chi connectivity index (χ0n) is 11.9. The quantitative estimate of drug-likeness (QED) is 0.339. The molecule has 2 rings (SSSR count). The zero-order valence-corrected chi connectivity index (χ0v) is 14.8. The van der Waals surface area contributed by atoms with Crippen LogP contribution in [0.5, 0.6) is 5.75 Å². The van der Waals surface area contributed by atoms with E-state index < -0.39 is 5.97 Å². The number of ether oxygens (including phenoxy) is 1. The van der Waals surface area contributed by atoms with Gasteiger partial charge in [0.1, 0.15) is 18.0 Å². The molecular weight excluding hydrogens is 419 g/mol. The van der Waals surface area contributed by atoms with Gasteiger partial charge in [-0.25, -0.2) is 0 Å². The number of benzene rings is 1. The SMILES string of the molecule is COC(=O)CN1C(=S)N(C)C(=O)/C1=C/c1ccc(O)c(I)c1. The number of carbonyl (C=O) groups excluding carboxylic acids is 2. The first-order chi connectivity index (χ1) is 10.3. The highest BCUT2D eigenvalue weighted by Gasteiger charge is 2.36. The summed E-state index contributed by atoms with van der Waals surface area (Å²) in [5, 5.41) is 9.79. The van der Waals surface area contributed by atoms with E-state index in [4.69, 9.17) is 12.2 Å². The summed E-state index contributed by atoms with van der Waals surface area (Å²) in [6, 6.07) is 4.95. The Kier molecular flexibility index (Phi) is 5.01. The minimum Gasteiger partial charge on any atom is -0.507 e. The van der Waals surface area contributed by atoms with Gasteiger partial charge in [-0.15, -0.1) is 0 Å². The fourth-order valence-electron chi connectivity index (χ4n) is 1.92. The molecule has 1 saturated heterocycles. The summed E-state index contributed by atoms with van der Waals surface area (Å²) in [7, 11) is 2.83. The molecule has 1 N–H and O–H groups in total. The van der Waals surface area contributed by atoms with Crippen molar-refractivity contribution in [3.05, 3.63) is 33.0 Å². The Morgan fingerprint density at radius 1 is 1.50 bits per heavy atom. The molecule has 0 radical (unpaired) electrons. The number of amides is 1. The maximum Gasteiger partial charge on any atom is 0.325 e. The molecule has 1 aromatic rings. The van der Waals surface area contributed by atoms with Gasteiger partial charge in [0.05, 0.1) is 10.7 Å². The molecule has 1 fully saturated rings. The van der Waals surface area contributed by atoms with E-state index in [0.29, 0.717) is 9.27 Å². The van der Waals surface area contributed by atoms with Gasteiger partial charge >= 0.3 is 5.97 Å². The monoisotopic (exact) mass is 432 g/mol. The van der Waals surface area contributed by atoms with Crippen LogP contribution in [-0.4, -0.2) is 52.6 Å². The lowest BCUT2D eigenvalue weighted by atomic mass is 10.1. The van der Waals surface area contributed by atoms with Crippen molar-refractivity contribution in [3.8, 4) is 5.75 Å². The number of nitrogens with zero attached hydrogens (tertiary/aromatic N) is 2. The van der Waals surface area contributed by atoms with Crippen LogP contribution in [0.3, 0.4) is 0 Å². The molecule has 8 heteroatoms. The van der Waals surface area contributed by atoms with Gasteiger partial charge in [-0.2, -0.15) is 0 Å². The summed E-state index contributed by atoms with van der Waals surface area (Å²) >= 11 is 7.18. The third-order valence-corrected chi connectivity index (χ3v) is 4.48. The van der Waals surface area contributed by atoms with Crippen molar-refractivity contribution < 1.29 is 19.4 Å². The number of rotatable bonds is 3. The van der Waals surface area contributed by atoms with Gasteiger partial charge in [-0.05, 0) is 58.6 Å². The topological polar surface area (TPSA) is 70.1 Å². The number of hydrogen-bond acceptors (Lipinski definition) is 5. The van der Waals surface area contributed by atoms with Crippen molar-refractivity contribution in [2.75, 3.05) is 20.7 Å². The zero-order chi connectivity index (χ0) is 16.4. The summed E-state index contributed by atoms with van der Waals surface area (Å²) in [6.07, 6.45) is 1.63. The number of likely N-dealkylation sites (N-methyl/N-ethyl adjacent to an activating group) is 1. The number of phenols is 1. The van der Waals surface area contributed by atoms with Crippen LogP contribution in [0.15, 0.2) is 23.9 Å². The third kappa shape index (κ3) is 3.22. The molecule has 0 aliphatic carbocycles. The lowest BCUT2D eigenvalue weighted by Gasteiger charge is -2.16. The molecule has 1 aliphatic heterocycles. The number of carbonyl (C=O) groups is 2. The van der Waals surface area contributed by atoms with Gasteiger partial charge in [0.25, 0.3) is 5.91 Å². The highest BCUT2D eigenvalue weighted by Crippen LogP contribution is 2.25. The lowest BCUT2D eigenvalue weighted by molar-refractivity contribution is -0.140. The molecule has 0 spiro atoms. The van der Waals surface area contributed by atoms with E-state index in [9.17, 15) is 14.7 Å². The highest BCUT2D eigenvalue weighted by molar-refractivity contribution is 14.1. The molecule has 0 saturated carbocycles. The Hall–Kier alpha value is -1.68. The number of thiocarbonyl (C=S) groups is 1. The van der Waals surface area contributed by atoms with Gasteiger partial charge < -0.3 is 14.7 Å². The second-order valence-corrected chi connectivity index (χ2v) is 6.08. The molecule has 1 aliphatic rings. The van der Waals surface area contributed by atoms with Crippen LogP contribution in [0, 0.1) is 3.57 Å². The normalized spacial score (nSPS) is 16.6. The van der Waals surface area contributed by atoms with Gasteiger partial charge in [-0.3, -0.25) is 14.5 Å². The Morgan fingerprint density at radius 3 is 2.77 bits per heavy atom. The molecule has 1 aromatic carbocycles. The van der Waals surface area contributed by atoms with Crippen LogP contribution >= 0.6 is 34.8 Å². The van der Waals surface area contributed by atoms with Crippen molar-refractivity contribution in [1.82, 2.24) is 9.80 Å². The molecule has 0 unspecified atom stereocenters. The second-order valence-electron chi connectivity index (χ2n) is 4.55. The summed E-state index contributed by atoms with van der Waals surface area (Å²) in [4.78, 5) is 26.5. The van der Waals surface area contributed by atoms with Gasteiger partial charge in [0.2, 0.25) is 0 Å². The first kappa shape index (κ1) is 16.7. The molecule has 0 atom stereocenters. The fourth-order valence-corrected chi connectivity index (χ4v) is 2.70. The van der Waals surface area contributed by atoms with Crippen LogP contribution in [0.25, 0.3) is 6.08 Å². The van der Waals surface area contributed by atoms with E-state index in [1.54, 1.807) is 31.3 Å². The number of hydrogen-bond donors (Lipinski definition) is 1. The van der Waals surface area contributed by atoms with E-state index in [-0.39, 0.29) is 23.3 Å². The minimum absolute atomic E-state index is 0.133. The predicted octanol–water partition coefficient (Wildman–Crippen LogP) is 1.57. The van der Waals surface area contributed by atoms with Crippen molar-refractivity contribution in [2.45, 2.75) is 0 Å². The molecule has 0 aromatic heterocycles. The van der Waals surface area contributed by atoms with Crippen molar-refractivity contribution in [3.63, 3.8) is 0 Å². The van der Waals surface area contributed by atoms with Crippen LogP contribution in [0.4, 0.5) is 0 Å². The summed E-state index contributed by atoms with van der Waals surface area (Å²) in [5.74, 6) is -0.617. The first-order valence-corrected chi connectivity index (χ1v) is 7.70. The predicted molar refractivity (Wildman–Crippen MR) is 92.9 cm³/mol. The number of aromatic hydroxyl groups is 1. The summed E-state index contributed by atoms with van der Waals surface area (Å²) < 4.78 is 5.29. The largest absolute Gasteiger partial charge is 0.507 e. The smallest absolute Gasteiger partial charge is 0.325 e. The summed E-state index contributed by atoms with van der Waals surface area (Å²) in [6.45, 7) is -0.133. The third-order valence-electron chi connectivity index (χ3n) is 3.12. The van der Waals surface area contributed by atoms with Gasteiger partial charge in [0, 0.05) is 7.05 Å². The van der Waals surface area contributed by atoms with E-state index in [0.717, 1.165) is 5.56 Å². The van der Waals surface area contributed by atoms with Crippen molar-refractivity contribution in [2.24, 2.45) is 0 Å². The van der Waals surface area contributed by atoms with E-state index >= 15 is 0 Å². The number of methoxy groups -OCH3 is 1. The number of phenolic OH excluding ortho intramolecular Hbond substituents is 1. The molecule has 22 heavy (non-hydrogen) atoms. The molecule has 1 heterocycles. The van der Waals surface area contributed by atoms with Crippen LogP contribution < -0.4 is 0 Å². The van der Waals surface area contributed by atoms with Gasteiger partial charge in [0.15, 0.2) is 5.11 Å². The molecule has 116 valence electrons. The standard InChI is InChI=1S/C14H13IN2O4S/c1-16-13(20)10(17(14(16)22)7-12(19)21-2)6-8-3-4-11(18)9(15)5-8/h3-6,18H,7H2,1-2H3/b10-6-. The molecule has 0 bridgehead atoms. The van der Waals surface area contributed by atoms with Crippen LogP contribution in [0.2, 0.25) is 0 Å². The van der Waals surface area contributed by atoms with Crippen molar-refractivity contribution in [1.29, 1.82) is 0 Å². The molecule has 1 amide bonds. The maximum atomic E-state index is 12.3. The van der Waals surface area contributed by atoms with E-state index in [1.165, 1.54) is 16.9 Å². The van der Waals surface area contributed by atoms with Crippen molar-refractivity contribution >= 4 is 57.9 Å². The van der Waals surface area contributed by atoms with E-state index in [2.05, 4.69) is 4.74 Å². The maximum absolute atomic E-state index is 12.3. The first-order valence-electron chi connectivity index (χ1n) is 6.21.